The quantitative estimate of drug-likeness (QED) is 0.392. The standard InChI is InChI=1S/C12H20/c1-4-7-10-12(9-6-3)11-8-5-2/h4-5,7,10,12H,1-2,6,8-9,11H2,3H3. The summed E-state index contributed by atoms with van der Waals surface area (Å²) in [5.41, 5.74) is 0. The monoisotopic (exact) mass is 164 g/mol. The van der Waals surface area contributed by atoms with Crippen LogP contribution in [0.2, 0.25) is 0 Å². The van der Waals surface area contributed by atoms with Crippen LogP contribution in [0.5, 0.6) is 0 Å². The molecule has 0 spiro atoms. The first-order chi connectivity index (χ1) is 5.85. The van der Waals surface area contributed by atoms with Crippen LogP contribution in [0.25, 0.3) is 0 Å². The summed E-state index contributed by atoms with van der Waals surface area (Å²) in [7, 11) is 0. The van der Waals surface area contributed by atoms with Gasteiger partial charge in [0.05, 0.1) is 0 Å². The van der Waals surface area contributed by atoms with Crippen LogP contribution in [0, 0.1) is 5.92 Å². The molecular formula is C12H20. The highest BCUT2D eigenvalue weighted by Crippen LogP contribution is 2.15. The van der Waals surface area contributed by atoms with Crippen LogP contribution in [0.15, 0.2) is 37.5 Å². The zero-order chi connectivity index (χ0) is 9.23. The van der Waals surface area contributed by atoms with Gasteiger partial charge in [0.25, 0.3) is 0 Å². The fraction of sp³-hybridized carbons (Fsp3) is 0.500. The van der Waals surface area contributed by atoms with E-state index in [0.717, 1.165) is 6.42 Å². The van der Waals surface area contributed by atoms with E-state index in [1.54, 1.807) is 0 Å². The molecule has 12 heavy (non-hydrogen) atoms. The van der Waals surface area contributed by atoms with Gasteiger partial charge in [-0.3, -0.25) is 0 Å². The van der Waals surface area contributed by atoms with Crippen molar-refractivity contribution in [3.05, 3.63) is 37.5 Å². The maximum Gasteiger partial charge on any atom is -0.0228 e. The van der Waals surface area contributed by atoms with Crippen molar-refractivity contribution in [2.45, 2.75) is 32.6 Å². The molecule has 0 radical (unpaired) electrons. The van der Waals surface area contributed by atoms with Gasteiger partial charge in [-0.1, -0.05) is 44.2 Å². The molecule has 0 rings (SSSR count). The molecule has 0 aliphatic heterocycles. The maximum atomic E-state index is 3.73. The normalized spacial score (nSPS) is 13.1. The zero-order valence-corrected chi connectivity index (χ0v) is 8.13. The average Bonchev–Trinajstić information content (AvgIpc) is 2.10. The molecule has 0 nitrogen and oxygen atoms in total. The van der Waals surface area contributed by atoms with Crippen molar-refractivity contribution in [1.29, 1.82) is 0 Å². The van der Waals surface area contributed by atoms with Crippen LogP contribution in [-0.2, 0) is 0 Å². The Morgan fingerprint density at radius 3 is 2.50 bits per heavy atom. The van der Waals surface area contributed by atoms with Gasteiger partial charge in [-0.15, -0.1) is 6.58 Å². The van der Waals surface area contributed by atoms with Crippen molar-refractivity contribution >= 4 is 0 Å². The Morgan fingerprint density at radius 2 is 2.00 bits per heavy atom. The van der Waals surface area contributed by atoms with E-state index in [4.69, 9.17) is 0 Å². The molecule has 0 aromatic carbocycles. The highest BCUT2D eigenvalue weighted by molar-refractivity contribution is 5.00. The first-order valence-corrected chi connectivity index (χ1v) is 4.75. The van der Waals surface area contributed by atoms with Gasteiger partial charge in [-0.2, -0.15) is 0 Å². The lowest BCUT2D eigenvalue weighted by atomic mass is 9.97. The third-order valence-corrected chi connectivity index (χ3v) is 1.92. The fourth-order valence-electron chi connectivity index (χ4n) is 1.28. The predicted octanol–water partition coefficient (Wildman–Crippen LogP) is 4.11. The molecule has 0 heteroatoms. The maximum absolute atomic E-state index is 3.73. The number of allylic oxidation sites excluding steroid dienone is 4. The number of rotatable bonds is 7. The summed E-state index contributed by atoms with van der Waals surface area (Å²) in [6, 6.07) is 0. The molecule has 0 N–H and O–H groups in total. The van der Waals surface area contributed by atoms with E-state index in [-0.39, 0.29) is 0 Å². The SMILES string of the molecule is C=CC=CC(CCC)CCC=C. The smallest absolute Gasteiger partial charge is 0.0228 e. The summed E-state index contributed by atoms with van der Waals surface area (Å²) in [5.74, 6) is 0.714. The summed E-state index contributed by atoms with van der Waals surface area (Å²) in [5, 5.41) is 0. The molecule has 1 atom stereocenters. The van der Waals surface area contributed by atoms with E-state index in [1.807, 2.05) is 18.2 Å². The molecule has 0 aliphatic carbocycles. The van der Waals surface area contributed by atoms with E-state index >= 15 is 0 Å². The van der Waals surface area contributed by atoms with Crippen LogP contribution in [0.1, 0.15) is 32.6 Å². The lowest BCUT2D eigenvalue weighted by Crippen LogP contribution is -1.94. The van der Waals surface area contributed by atoms with Crippen LogP contribution >= 0.6 is 0 Å². The Hall–Kier alpha value is -0.780. The van der Waals surface area contributed by atoms with E-state index in [0.29, 0.717) is 5.92 Å². The molecule has 1 unspecified atom stereocenters. The molecule has 0 bridgehead atoms. The van der Waals surface area contributed by atoms with Crippen LogP contribution in [0.3, 0.4) is 0 Å². The van der Waals surface area contributed by atoms with Gasteiger partial charge in [-0.25, -0.2) is 0 Å². The minimum Gasteiger partial charge on any atom is -0.103 e. The zero-order valence-electron chi connectivity index (χ0n) is 8.13. The summed E-state index contributed by atoms with van der Waals surface area (Å²) in [6.45, 7) is 9.62. The summed E-state index contributed by atoms with van der Waals surface area (Å²) in [6.07, 6.45) is 13.0. The Balaban J connectivity index is 3.75. The second-order valence-electron chi connectivity index (χ2n) is 3.04. The van der Waals surface area contributed by atoms with Gasteiger partial charge in [-0.05, 0) is 25.2 Å². The van der Waals surface area contributed by atoms with Crippen LogP contribution in [-0.4, -0.2) is 0 Å². The van der Waals surface area contributed by atoms with Crippen molar-refractivity contribution in [3.8, 4) is 0 Å². The molecule has 0 aromatic rings. The van der Waals surface area contributed by atoms with Gasteiger partial charge in [0.1, 0.15) is 0 Å². The van der Waals surface area contributed by atoms with Crippen LogP contribution < -0.4 is 0 Å². The average molecular weight is 164 g/mol. The van der Waals surface area contributed by atoms with Crippen LogP contribution in [0.4, 0.5) is 0 Å². The Kier molecular flexibility index (Phi) is 7.78. The van der Waals surface area contributed by atoms with E-state index in [2.05, 4.69) is 26.2 Å². The second-order valence-corrected chi connectivity index (χ2v) is 3.04. The van der Waals surface area contributed by atoms with Crippen molar-refractivity contribution in [1.82, 2.24) is 0 Å². The molecule has 0 amide bonds. The van der Waals surface area contributed by atoms with Gasteiger partial charge in [0.2, 0.25) is 0 Å². The minimum atomic E-state index is 0.714. The third-order valence-electron chi connectivity index (χ3n) is 1.92. The third kappa shape index (κ3) is 5.96. The van der Waals surface area contributed by atoms with Gasteiger partial charge >= 0.3 is 0 Å². The van der Waals surface area contributed by atoms with Crippen molar-refractivity contribution < 1.29 is 0 Å². The molecule has 0 aromatic heterocycles. The summed E-state index contributed by atoms with van der Waals surface area (Å²) < 4.78 is 0. The summed E-state index contributed by atoms with van der Waals surface area (Å²) in [4.78, 5) is 0. The molecule has 0 aliphatic rings. The van der Waals surface area contributed by atoms with E-state index in [9.17, 15) is 0 Å². The first-order valence-electron chi connectivity index (χ1n) is 4.75. The Labute approximate surface area is 76.7 Å². The Morgan fingerprint density at radius 1 is 1.25 bits per heavy atom. The molecular weight excluding hydrogens is 144 g/mol. The molecule has 68 valence electrons. The van der Waals surface area contributed by atoms with Gasteiger partial charge < -0.3 is 0 Å². The minimum absolute atomic E-state index is 0.714. The predicted molar refractivity (Wildman–Crippen MR) is 57.2 cm³/mol. The highest BCUT2D eigenvalue weighted by atomic mass is 14.1. The second kappa shape index (κ2) is 8.32. The van der Waals surface area contributed by atoms with Crippen molar-refractivity contribution in [2.75, 3.05) is 0 Å². The van der Waals surface area contributed by atoms with E-state index in [1.165, 1.54) is 19.3 Å². The number of hydrogen-bond donors (Lipinski definition) is 0. The lowest BCUT2D eigenvalue weighted by molar-refractivity contribution is 0.542. The first kappa shape index (κ1) is 11.2. The fourth-order valence-corrected chi connectivity index (χ4v) is 1.28. The molecule has 0 heterocycles. The van der Waals surface area contributed by atoms with E-state index < -0.39 is 0 Å². The number of hydrogen-bond acceptors (Lipinski definition) is 0. The highest BCUT2D eigenvalue weighted by Gasteiger charge is 2.00. The van der Waals surface area contributed by atoms with Gasteiger partial charge in [0.15, 0.2) is 0 Å². The van der Waals surface area contributed by atoms with Crippen molar-refractivity contribution in [2.24, 2.45) is 5.92 Å². The molecule has 0 saturated carbocycles. The van der Waals surface area contributed by atoms with Crippen molar-refractivity contribution in [3.63, 3.8) is 0 Å². The molecule has 0 fully saturated rings. The largest absolute Gasteiger partial charge is 0.103 e. The molecule has 0 saturated heterocycles. The van der Waals surface area contributed by atoms with Gasteiger partial charge in [0, 0.05) is 0 Å². The topological polar surface area (TPSA) is 0 Å². The summed E-state index contributed by atoms with van der Waals surface area (Å²) >= 11 is 0. The lowest BCUT2D eigenvalue weighted by Gasteiger charge is -2.08. The Bertz CT molecular complexity index is 142.